The lowest BCUT2D eigenvalue weighted by Crippen LogP contribution is -2.08. The van der Waals surface area contributed by atoms with E-state index in [1.165, 1.54) is 12.1 Å². The van der Waals surface area contributed by atoms with Crippen LogP contribution in [0, 0.1) is 5.82 Å². The zero-order valence-electron chi connectivity index (χ0n) is 7.24. The van der Waals surface area contributed by atoms with Crippen LogP contribution in [-0.2, 0) is 0 Å². The minimum absolute atomic E-state index is 0. The van der Waals surface area contributed by atoms with Crippen molar-refractivity contribution < 1.29 is 4.39 Å². The van der Waals surface area contributed by atoms with Gasteiger partial charge in [0, 0.05) is 6.04 Å². The third-order valence-corrected chi connectivity index (χ3v) is 1.72. The van der Waals surface area contributed by atoms with E-state index >= 15 is 0 Å². The van der Waals surface area contributed by atoms with Gasteiger partial charge in [0.1, 0.15) is 5.82 Å². The average Bonchev–Trinajstić information content (AvgIpc) is 2.06. The van der Waals surface area contributed by atoms with Crippen molar-refractivity contribution in [3.05, 3.63) is 48.3 Å². The predicted octanol–water partition coefficient (Wildman–Crippen LogP) is 2.82. The van der Waals surface area contributed by atoms with Crippen molar-refractivity contribution in [2.45, 2.75) is 12.5 Å². The minimum atomic E-state index is -0.232. The van der Waals surface area contributed by atoms with Gasteiger partial charge < -0.3 is 5.73 Å². The summed E-state index contributed by atoms with van der Waals surface area (Å²) >= 11 is 0. The van der Waals surface area contributed by atoms with Crippen molar-refractivity contribution in [2.75, 3.05) is 0 Å². The van der Waals surface area contributed by atoms with Gasteiger partial charge in [-0.05, 0) is 24.1 Å². The Bertz CT molecular complexity index is 258. The van der Waals surface area contributed by atoms with E-state index in [0.29, 0.717) is 6.42 Å². The van der Waals surface area contributed by atoms with Crippen molar-refractivity contribution in [1.82, 2.24) is 0 Å². The summed E-state index contributed by atoms with van der Waals surface area (Å²) in [5.74, 6) is -0.232. The molecular weight excluding hydrogens is 189 g/mol. The van der Waals surface area contributed by atoms with Gasteiger partial charge in [-0.15, -0.1) is 19.0 Å². The summed E-state index contributed by atoms with van der Waals surface area (Å²) in [6.45, 7) is 3.59. The van der Waals surface area contributed by atoms with Crippen molar-refractivity contribution in [1.29, 1.82) is 0 Å². The van der Waals surface area contributed by atoms with Gasteiger partial charge in [0.15, 0.2) is 0 Å². The van der Waals surface area contributed by atoms with Crippen molar-refractivity contribution >= 4 is 12.4 Å². The molecule has 0 bridgehead atoms. The highest BCUT2D eigenvalue weighted by atomic mass is 35.5. The highest BCUT2D eigenvalue weighted by Gasteiger charge is 2.02. The second-order valence-corrected chi connectivity index (χ2v) is 2.68. The summed E-state index contributed by atoms with van der Waals surface area (Å²) in [6.07, 6.45) is 2.47. The fraction of sp³-hybridized carbons (Fsp3) is 0.200. The minimum Gasteiger partial charge on any atom is -0.324 e. The quantitative estimate of drug-likeness (QED) is 0.748. The molecular formula is C10H13ClFN. The van der Waals surface area contributed by atoms with Gasteiger partial charge in [-0.1, -0.05) is 18.2 Å². The third-order valence-electron chi connectivity index (χ3n) is 1.72. The van der Waals surface area contributed by atoms with Crippen LogP contribution in [0.25, 0.3) is 0 Å². The number of rotatable bonds is 3. The van der Waals surface area contributed by atoms with Crippen LogP contribution in [0.3, 0.4) is 0 Å². The van der Waals surface area contributed by atoms with Crippen LogP contribution in [0.4, 0.5) is 4.39 Å². The second-order valence-electron chi connectivity index (χ2n) is 2.68. The zero-order chi connectivity index (χ0) is 8.97. The van der Waals surface area contributed by atoms with Crippen LogP contribution >= 0.6 is 12.4 Å². The predicted molar refractivity (Wildman–Crippen MR) is 55.4 cm³/mol. The first kappa shape index (κ1) is 12.1. The van der Waals surface area contributed by atoms with Crippen molar-refractivity contribution in [2.24, 2.45) is 5.73 Å². The van der Waals surface area contributed by atoms with Gasteiger partial charge in [0.25, 0.3) is 0 Å². The molecule has 0 aliphatic heterocycles. The molecule has 1 nitrogen and oxygen atoms in total. The van der Waals surface area contributed by atoms with E-state index < -0.39 is 0 Å². The molecule has 0 unspecified atom stereocenters. The summed E-state index contributed by atoms with van der Waals surface area (Å²) in [5, 5.41) is 0. The molecule has 1 aromatic carbocycles. The molecule has 13 heavy (non-hydrogen) atoms. The molecule has 0 aliphatic rings. The van der Waals surface area contributed by atoms with Gasteiger partial charge in [-0.2, -0.15) is 0 Å². The normalized spacial score (nSPS) is 11.5. The van der Waals surface area contributed by atoms with E-state index in [2.05, 4.69) is 6.58 Å². The van der Waals surface area contributed by atoms with Gasteiger partial charge in [0.05, 0.1) is 0 Å². The fourth-order valence-corrected chi connectivity index (χ4v) is 1.03. The SMILES string of the molecule is C=CC[C@H](N)c1ccc(F)cc1.Cl. The summed E-state index contributed by atoms with van der Waals surface area (Å²) in [7, 11) is 0. The Morgan fingerprint density at radius 3 is 2.38 bits per heavy atom. The lowest BCUT2D eigenvalue weighted by atomic mass is 10.1. The average molecular weight is 202 g/mol. The number of halogens is 2. The molecule has 72 valence electrons. The second kappa shape index (κ2) is 5.73. The molecule has 0 aromatic heterocycles. The maximum absolute atomic E-state index is 12.5. The standard InChI is InChI=1S/C10H12FN.ClH/c1-2-3-10(12)8-4-6-9(11)7-5-8;/h2,4-7,10H,1,3,12H2;1H/t10-;/m0./s1. The van der Waals surface area contributed by atoms with Gasteiger partial charge in [-0.3, -0.25) is 0 Å². The summed E-state index contributed by atoms with van der Waals surface area (Å²) < 4.78 is 12.5. The third kappa shape index (κ3) is 3.57. The Hall–Kier alpha value is -0.860. The number of benzene rings is 1. The molecule has 0 spiro atoms. The lowest BCUT2D eigenvalue weighted by molar-refractivity contribution is 0.625. The topological polar surface area (TPSA) is 26.0 Å². The zero-order valence-corrected chi connectivity index (χ0v) is 8.06. The number of hydrogen-bond acceptors (Lipinski definition) is 1. The monoisotopic (exact) mass is 201 g/mol. The van der Waals surface area contributed by atoms with E-state index in [9.17, 15) is 4.39 Å². The molecule has 0 saturated heterocycles. The van der Waals surface area contributed by atoms with Crippen LogP contribution in [0.5, 0.6) is 0 Å². The Kier molecular flexibility index (Phi) is 5.35. The van der Waals surface area contributed by atoms with Crippen LogP contribution in [0.1, 0.15) is 18.0 Å². The van der Waals surface area contributed by atoms with Gasteiger partial charge >= 0.3 is 0 Å². The molecule has 1 aromatic rings. The van der Waals surface area contributed by atoms with E-state index in [4.69, 9.17) is 5.73 Å². The molecule has 0 aliphatic carbocycles. The van der Waals surface area contributed by atoms with Crippen LogP contribution in [0.2, 0.25) is 0 Å². The fourth-order valence-electron chi connectivity index (χ4n) is 1.03. The maximum Gasteiger partial charge on any atom is 0.123 e. The van der Waals surface area contributed by atoms with Gasteiger partial charge in [-0.25, -0.2) is 4.39 Å². The number of hydrogen-bond donors (Lipinski definition) is 1. The smallest absolute Gasteiger partial charge is 0.123 e. The van der Waals surface area contributed by atoms with Crippen molar-refractivity contribution in [3.63, 3.8) is 0 Å². The van der Waals surface area contributed by atoms with Crippen LogP contribution in [-0.4, -0.2) is 0 Å². The maximum atomic E-state index is 12.5. The molecule has 3 heteroatoms. The largest absolute Gasteiger partial charge is 0.324 e. The Morgan fingerprint density at radius 1 is 1.38 bits per heavy atom. The van der Waals surface area contributed by atoms with E-state index in [0.717, 1.165) is 5.56 Å². The first-order valence-electron chi connectivity index (χ1n) is 3.86. The summed E-state index contributed by atoms with van der Waals surface area (Å²) in [4.78, 5) is 0. The molecule has 0 saturated carbocycles. The summed E-state index contributed by atoms with van der Waals surface area (Å²) in [5.41, 5.74) is 6.70. The van der Waals surface area contributed by atoms with Gasteiger partial charge in [0.2, 0.25) is 0 Å². The first-order valence-corrected chi connectivity index (χ1v) is 3.86. The lowest BCUT2D eigenvalue weighted by Gasteiger charge is -2.08. The van der Waals surface area contributed by atoms with E-state index in [-0.39, 0.29) is 24.3 Å². The van der Waals surface area contributed by atoms with Crippen molar-refractivity contribution in [3.8, 4) is 0 Å². The highest BCUT2D eigenvalue weighted by Crippen LogP contribution is 2.14. The summed E-state index contributed by atoms with van der Waals surface area (Å²) in [6, 6.07) is 6.16. The molecule has 0 heterocycles. The highest BCUT2D eigenvalue weighted by molar-refractivity contribution is 5.85. The number of nitrogens with two attached hydrogens (primary N) is 1. The van der Waals surface area contributed by atoms with E-state index in [1.54, 1.807) is 18.2 Å². The Morgan fingerprint density at radius 2 is 1.92 bits per heavy atom. The van der Waals surface area contributed by atoms with E-state index in [1.807, 2.05) is 0 Å². The first-order chi connectivity index (χ1) is 5.74. The van der Waals surface area contributed by atoms with Crippen LogP contribution < -0.4 is 5.73 Å². The Labute approximate surface area is 83.9 Å². The molecule has 1 rings (SSSR count). The molecule has 0 radical (unpaired) electrons. The Balaban J connectivity index is 0.00000144. The molecule has 0 fully saturated rings. The van der Waals surface area contributed by atoms with Crippen LogP contribution in [0.15, 0.2) is 36.9 Å². The molecule has 2 N–H and O–H groups in total. The molecule has 1 atom stereocenters. The molecule has 0 amide bonds.